The smallest absolute Gasteiger partial charge is 0.335 e. The Kier molecular flexibility index (Phi) is 2.39. The second kappa shape index (κ2) is 3.57. The van der Waals surface area contributed by atoms with E-state index in [1.165, 1.54) is 0 Å². The van der Waals surface area contributed by atoms with E-state index in [2.05, 4.69) is 13.8 Å². The van der Waals surface area contributed by atoms with Crippen LogP contribution in [-0.4, -0.2) is 17.2 Å². The fourth-order valence-corrected chi connectivity index (χ4v) is 1.78. The molecule has 0 aliphatic carbocycles. The van der Waals surface area contributed by atoms with E-state index in [9.17, 15) is 4.79 Å². The van der Waals surface area contributed by atoms with Crippen molar-refractivity contribution in [1.29, 1.82) is 0 Å². The summed E-state index contributed by atoms with van der Waals surface area (Å²) in [6.07, 6.45) is 0.998. The first kappa shape index (κ1) is 10.0. The zero-order valence-electron chi connectivity index (χ0n) is 8.86. The maximum atomic E-state index is 10.8. The average Bonchev–Trinajstić information content (AvgIpc) is 2.59. The molecule has 1 unspecified atom stereocenters. The number of carboxylic acids is 1. The zero-order chi connectivity index (χ0) is 11.0. The molecule has 0 saturated carbocycles. The number of carbonyl (C=O) groups is 1. The lowest BCUT2D eigenvalue weighted by molar-refractivity contribution is 0.0697. The van der Waals surface area contributed by atoms with Crippen LogP contribution < -0.4 is 4.74 Å². The van der Waals surface area contributed by atoms with E-state index in [4.69, 9.17) is 9.84 Å². The van der Waals surface area contributed by atoms with Gasteiger partial charge in [-0.2, -0.15) is 0 Å². The van der Waals surface area contributed by atoms with E-state index in [1.54, 1.807) is 18.2 Å². The molecule has 15 heavy (non-hydrogen) atoms. The Labute approximate surface area is 88.7 Å². The molecule has 0 bridgehead atoms. The van der Waals surface area contributed by atoms with Gasteiger partial charge >= 0.3 is 5.97 Å². The lowest BCUT2D eigenvalue weighted by atomic mass is 10.0. The number of fused-ring (bicyclic) bond motifs is 1. The average molecular weight is 206 g/mol. The van der Waals surface area contributed by atoms with Gasteiger partial charge in [-0.25, -0.2) is 4.79 Å². The minimum Gasteiger partial charge on any atom is -0.490 e. The predicted molar refractivity (Wildman–Crippen MR) is 56.4 cm³/mol. The predicted octanol–water partition coefficient (Wildman–Crippen LogP) is 2.34. The van der Waals surface area contributed by atoms with E-state index in [-0.39, 0.29) is 6.10 Å². The maximum absolute atomic E-state index is 10.8. The summed E-state index contributed by atoms with van der Waals surface area (Å²) < 4.78 is 5.71. The largest absolute Gasteiger partial charge is 0.490 e. The van der Waals surface area contributed by atoms with Crippen molar-refractivity contribution in [2.45, 2.75) is 26.4 Å². The van der Waals surface area contributed by atoms with Gasteiger partial charge in [0.25, 0.3) is 0 Å². The van der Waals surface area contributed by atoms with E-state index in [0.29, 0.717) is 11.5 Å². The number of benzene rings is 1. The lowest BCUT2D eigenvalue weighted by Crippen LogP contribution is -2.19. The van der Waals surface area contributed by atoms with Crippen molar-refractivity contribution in [2.75, 3.05) is 0 Å². The summed E-state index contributed by atoms with van der Waals surface area (Å²) in [5, 5.41) is 8.85. The number of carboxylic acid groups (broad SMARTS) is 1. The van der Waals surface area contributed by atoms with E-state index >= 15 is 0 Å². The van der Waals surface area contributed by atoms with Crippen LogP contribution in [0, 0.1) is 5.92 Å². The molecule has 80 valence electrons. The molecule has 0 radical (unpaired) electrons. The fourth-order valence-electron chi connectivity index (χ4n) is 1.78. The molecule has 0 fully saturated rings. The number of rotatable bonds is 2. The van der Waals surface area contributed by atoms with Crippen LogP contribution in [0.2, 0.25) is 0 Å². The number of ether oxygens (including phenoxy) is 1. The molecule has 0 spiro atoms. The van der Waals surface area contributed by atoms with Gasteiger partial charge in [-0.3, -0.25) is 0 Å². The van der Waals surface area contributed by atoms with Gasteiger partial charge in [0.1, 0.15) is 11.9 Å². The third kappa shape index (κ3) is 1.82. The van der Waals surface area contributed by atoms with Gasteiger partial charge in [-0.15, -0.1) is 0 Å². The summed E-state index contributed by atoms with van der Waals surface area (Å²) >= 11 is 0. The Morgan fingerprint density at radius 2 is 2.27 bits per heavy atom. The second-order valence-corrected chi connectivity index (χ2v) is 4.23. The van der Waals surface area contributed by atoms with Crippen LogP contribution in [0.3, 0.4) is 0 Å². The molecule has 1 N–H and O–H groups in total. The first-order chi connectivity index (χ1) is 7.08. The van der Waals surface area contributed by atoms with Gasteiger partial charge in [0.15, 0.2) is 0 Å². The van der Waals surface area contributed by atoms with Crippen molar-refractivity contribution >= 4 is 5.97 Å². The highest BCUT2D eigenvalue weighted by molar-refractivity contribution is 5.88. The summed E-state index contributed by atoms with van der Waals surface area (Å²) in [7, 11) is 0. The van der Waals surface area contributed by atoms with E-state index in [0.717, 1.165) is 17.7 Å². The third-order valence-electron chi connectivity index (χ3n) is 2.75. The molecule has 0 amide bonds. The molecule has 1 aliphatic rings. The minimum atomic E-state index is -0.884. The molecule has 2 rings (SSSR count). The van der Waals surface area contributed by atoms with Crippen LogP contribution in [0.25, 0.3) is 0 Å². The summed E-state index contributed by atoms with van der Waals surface area (Å²) in [6.45, 7) is 4.21. The van der Waals surface area contributed by atoms with Crippen molar-refractivity contribution in [3.05, 3.63) is 29.3 Å². The van der Waals surface area contributed by atoms with Crippen molar-refractivity contribution in [3.63, 3.8) is 0 Å². The number of hydrogen-bond acceptors (Lipinski definition) is 2. The molecule has 3 heteroatoms. The fraction of sp³-hybridized carbons (Fsp3) is 0.417. The topological polar surface area (TPSA) is 46.5 Å². The molecule has 0 saturated heterocycles. The highest BCUT2D eigenvalue weighted by Crippen LogP contribution is 2.32. The Balaban J connectivity index is 2.27. The Morgan fingerprint density at radius 1 is 1.53 bits per heavy atom. The Bertz CT molecular complexity index is 396. The number of aromatic carboxylic acids is 1. The highest BCUT2D eigenvalue weighted by atomic mass is 16.5. The van der Waals surface area contributed by atoms with E-state index in [1.807, 2.05) is 0 Å². The maximum Gasteiger partial charge on any atom is 0.335 e. The first-order valence-corrected chi connectivity index (χ1v) is 5.11. The van der Waals surface area contributed by atoms with Crippen molar-refractivity contribution < 1.29 is 14.6 Å². The van der Waals surface area contributed by atoms with Crippen molar-refractivity contribution in [1.82, 2.24) is 0 Å². The zero-order valence-corrected chi connectivity index (χ0v) is 8.86. The van der Waals surface area contributed by atoms with Crippen LogP contribution in [0.15, 0.2) is 18.2 Å². The first-order valence-electron chi connectivity index (χ1n) is 5.11. The number of hydrogen-bond donors (Lipinski definition) is 1. The van der Waals surface area contributed by atoms with Crippen LogP contribution in [0.4, 0.5) is 0 Å². The summed E-state index contributed by atoms with van der Waals surface area (Å²) in [4.78, 5) is 10.8. The van der Waals surface area contributed by atoms with Gasteiger partial charge in [0, 0.05) is 6.42 Å². The monoisotopic (exact) mass is 206 g/mol. The molecule has 1 aromatic carbocycles. The molecule has 3 nitrogen and oxygen atoms in total. The summed E-state index contributed by atoms with van der Waals surface area (Å²) in [5.41, 5.74) is 1.34. The molecule has 1 atom stereocenters. The van der Waals surface area contributed by atoms with Crippen LogP contribution in [0.5, 0.6) is 5.75 Å². The lowest BCUT2D eigenvalue weighted by Gasteiger charge is -2.13. The summed E-state index contributed by atoms with van der Waals surface area (Å²) in [5.74, 6) is 0.398. The van der Waals surface area contributed by atoms with Gasteiger partial charge in [-0.1, -0.05) is 13.8 Å². The molecule has 1 aliphatic heterocycles. The van der Waals surface area contributed by atoms with E-state index < -0.39 is 5.97 Å². The molecule has 1 heterocycles. The Morgan fingerprint density at radius 3 is 2.87 bits per heavy atom. The molecule has 1 aromatic rings. The van der Waals surface area contributed by atoms with Crippen LogP contribution in [0.1, 0.15) is 29.8 Å². The van der Waals surface area contributed by atoms with Gasteiger partial charge in [-0.05, 0) is 29.7 Å². The molecular weight excluding hydrogens is 192 g/mol. The van der Waals surface area contributed by atoms with Crippen LogP contribution >= 0.6 is 0 Å². The highest BCUT2D eigenvalue weighted by Gasteiger charge is 2.25. The second-order valence-electron chi connectivity index (χ2n) is 4.23. The quantitative estimate of drug-likeness (QED) is 0.807. The normalized spacial score (nSPS) is 18.7. The minimum absolute atomic E-state index is 0.184. The van der Waals surface area contributed by atoms with Gasteiger partial charge < -0.3 is 9.84 Å². The van der Waals surface area contributed by atoms with Gasteiger partial charge in [0.2, 0.25) is 0 Å². The molecular formula is C12H14O3. The standard InChI is InChI=1S/C12H14O3/c1-7(2)11-6-9-5-8(12(13)14)3-4-10(9)15-11/h3-5,7,11H,6H2,1-2H3,(H,13,14). The third-order valence-corrected chi connectivity index (χ3v) is 2.75. The SMILES string of the molecule is CC(C)C1Cc2cc(C(=O)O)ccc2O1. The summed E-state index contributed by atoms with van der Waals surface area (Å²) in [6, 6.07) is 5.05. The van der Waals surface area contributed by atoms with Crippen molar-refractivity contribution in [2.24, 2.45) is 5.92 Å². The Hall–Kier alpha value is -1.51. The van der Waals surface area contributed by atoms with Gasteiger partial charge in [0.05, 0.1) is 5.56 Å². The molecule has 0 aromatic heterocycles. The van der Waals surface area contributed by atoms with Crippen molar-refractivity contribution in [3.8, 4) is 5.75 Å². The van der Waals surface area contributed by atoms with Crippen LogP contribution in [-0.2, 0) is 6.42 Å².